The number of amides is 4. The minimum atomic E-state index is -1.31. The highest BCUT2D eigenvalue weighted by atomic mass is 35.5. The first kappa shape index (κ1) is 39.3. The molecule has 0 unspecified atom stereocenters. The second kappa shape index (κ2) is 14.2. The molecule has 11 rings (SSSR count). The molecule has 12 nitrogen and oxygen atoms in total. The first-order valence-corrected chi connectivity index (χ1v) is 22.2. The minimum absolute atomic E-state index is 0.0571. The molecule has 3 aromatic heterocycles. The maximum Gasteiger partial charge on any atom is 0.242 e. The smallest absolute Gasteiger partial charge is 0.242 e. The van der Waals surface area contributed by atoms with Crippen molar-refractivity contribution in [1.82, 2.24) is 14.8 Å². The van der Waals surface area contributed by atoms with Gasteiger partial charge in [0.2, 0.25) is 29.5 Å². The quantitative estimate of drug-likeness (QED) is 0.122. The molecule has 14 heteroatoms. The fourth-order valence-electron chi connectivity index (χ4n) is 10.8. The molecule has 1 saturated carbocycles. The van der Waals surface area contributed by atoms with E-state index in [4.69, 9.17) is 25.9 Å². The summed E-state index contributed by atoms with van der Waals surface area (Å²) in [6, 6.07) is 27.1. The fraction of sp³-hybridized carbons (Fsp3) is 0.265. The summed E-state index contributed by atoms with van der Waals surface area (Å²) < 4.78 is 14.4. The van der Waals surface area contributed by atoms with Gasteiger partial charge in [0.15, 0.2) is 17.1 Å². The number of carbonyl (C=O) groups excluding carboxylic acids is 4. The van der Waals surface area contributed by atoms with Gasteiger partial charge in [0, 0.05) is 34.3 Å². The highest BCUT2D eigenvalue weighted by molar-refractivity contribution is 7.22. The number of oxazole rings is 1. The van der Waals surface area contributed by atoms with Crippen LogP contribution in [-0.2, 0) is 26.2 Å². The van der Waals surface area contributed by atoms with Crippen LogP contribution < -0.4 is 14.5 Å². The molecule has 4 amide bonds. The molecule has 0 bridgehead atoms. The Bertz CT molecular complexity index is 3120. The van der Waals surface area contributed by atoms with Crippen LogP contribution in [0.2, 0.25) is 5.02 Å². The number of anilines is 2. The van der Waals surface area contributed by atoms with Gasteiger partial charge in [0.05, 0.1) is 40.3 Å². The first-order chi connectivity index (χ1) is 30.4. The number of aromatic nitrogens is 3. The molecule has 3 fully saturated rings. The minimum Gasteiger partial charge on any atom is -0.504 e. The van der Waals surface area contributed by atoms with Crippen molar-refractivity contribution in [3.8, 4) is 33.5 Å². The van der Waals surface area contributed by atoms with Gasteiger partial charge >= 0.3 is 0 Å². The number of imide groups is 2. The zero-order valence-corrected chi connectivity index (χ0v) is 36.2. The Morgan fingerprint density at radius 1 is 0.937 bits per heavy atom. The topological polar surface area (TPSA) is 148 Å². The van der Waals surface area contributed by atoms with E-state index in [9.17, 15) is 14.7 Å². The number of thiophene rings is 1. The van der Waals surface area contributed by atoms with Crippen molar-refractivity contribution in [1.29, 1.82) is 0 Å². The zero-order valence-electron chi connectivity index (χ0n) is 34.7. The Morgan fingerprint density at radius 2 is 1.73 bits per heavy atom. The lowest BCUT2D eigenvalue weighted by atomic mass is 9.51. The van der Waals surface area contributed by atoms with E-state index >= 15 is 9.59 Å². The predicted octanol–water partition coefficient (Wildman–Crippen LogP) is 9.61. The maximum absolute atomic E-state index is 15.3. The van der Waals surface area contributed by atoms with Gasteiger partial charge in [-0.15, -0.1) is 11.3 Å². The van der Waals surface area contributed by atoms with Crippen LogP contribution in [0.15, 0.2) is 107 Å². The number of phenolic OH excluding ortho intramolecular Hbond substituents is 1. The second-order valence-electron chi connectivity index (χ2n) is 17.1. The van der Waals surface area contributed by atoms with Crippen LogP contribution in [0.1, 0.15) is 43.7 Å². The van der Waals surface area contributed by atoms with E-state index in [0.717, 1.165) is 31.6 Å². The maximum atomic E-state index is 15.3. The number of fused-ring (bicyclic) bond motifs is 6. The van der Waals surface area contributed by atoms with Crippen LogP contribution in [-0.4, -0.2) is 50.1 Å². The van der Waals surface area contributed by atoms with Gasteiger partial charge in [0.25, 0.3) is 0 Å². The molecule has 2 saturated heterocycles. The van der Waals surface area contributed by atoms with Gasteiger partial charge < -0.3 is 14.3 Å². The third-order valence-corrected chi connectivity index (χ3v) is 15.3. The molecule has 7 aromatic rings. The summed E-state index contributed by atoms with van der Waals surface area (Å²) in [6.07, 6.45) is 2.47. The number of aromatic hydroxyl groups is 1. The lowest BCUT2D eigenvalue weighted by Gasteiger charge is -2.49. The third-order valence-electron chi connectivity index (χ3n) is 13.8. The molecular formula is C49H40ClN5O7S. The van der Waals surface area contributed by atoms with Crippen molar-refractivity contribution >= 4 is 79.3 Å². The molecule has 0 spiro atoms. The number of nitrogens with zero attached hydrogens (tertiary/aromatic N) is 5. The summed E-state index contributed by atoms with van der Waals surface area (Å²) in [7, 11) is 1.72. The van der Waals surface area contributed by atoms with Gasteiger partial charge in [-0.05, 0) is 123 Å². The molecule has 4 aromatic carbocycles. The third kappa shape index (κ3) is 5.71. The van der Waals surface area contributed by atoms with Crippen LogP contribution in [0.5, 0.6) is 11.5 Å². The van der Waals surface area contributed by atoms with Crippen LogP contribution in [0.25, 0.3) is 43.2 Å². The normalized spacial score (nSPS) is 24.3. The Hall–Kier alpha value is -6.57. The lowest BCUT2D eigenvalue weighted by molar-refractivity contribution is -0.131. The van der Waals surface area contributed by atoms with Crippen molar-refractivity contribution in [2.24, 2.45) is 36.1 Å². The first-order valence-electron chi connectivity index (χ1n) is 21.0. The van der Waals surface area contributed by atoms with E-state index in [1.54, 1.807) is 65.5 Å². The van der Waals surface area contributed by atoms with Crippen molar-refractivity contribution in [2.45, 2.75) is 39.5 Å². The average Bonchev–Trinajstić information content (AvgIpc) is 4.06. The zero-order chi connectivity index (χ0) is 43.6. The average molecular weight is 878 g/mol. The Kier molecular flexibility index (Phi) is 8.87. The van der Waals surface area contributed by atoms with E-state index in [2.05, 4.69) is 4.98 Å². The second-order valence-corrected chi connectivity index (χ2v) is 18.6. The van der Waals surface area contributed by atoms with Crippen LogP contribution in [0.3, 0.4) is 0 Å². The molecule has 4 aliphatic rings. The van der Waals surface area contributed by atoms with Gasteiger partial charge in [-0.25, -0.2) is 9.88 Å². The molecule has 2 aliphatic carbocycles. The number of para-hydroxylation sites is 2. The Morgan fingerprint density at radius 3 is 2.51 bits per heavy atom. The number of hydrogen-bond acceptors (Lipinski definition) is 10. The van der Waals surface area contributed by atoms with Crippen molar-refractivity contribution in [2.75, 3.05) is 16.4 Å². The molecular weight excluding hydrogens is 838 g/mol. The number of benzene rings is 4. The molecule has 316 valence electrons. The number of ether oxygens (including phenoxy) is 1. The van der Waals surface area contributed by atoms with Crippen molar-refractivity contribution in [3.63, 3.8) is 0 Å². The molecule has 0 radical (unpaired) electrons. The van der Waals surface area contributed by atoms with Crippen molar-refractivity contribution < 1.29 is 33.4 Å². The summed E-state index contributed by atoms with van der Waals surface area (Å²) in [5.41, 5.74) is 4.30. The van der Waals surface area contributed by atoms with Crippen molar-refractivity contribution in [3.05, 3.63) is 119 Å². The van der Waals surface area contributed by atoms with Crippen LogP contribution in [0.4, 0.5) is 11.5 Å². The Labute approximate surface area is 370 Å². The van der Waals surface area contributed by atoms with E-state index < -0.39 is 40.9 Å². The van der Waals surface area contributed by atoms with E-state index in [1.165, 1.54) is 15.9 Å². The summed E-state index contributed by atoms with van der Waals surface area (Å²) in [5, 5.41) is 17.3. The monoisotopic (exact) mass is 877 g/mol. The highest BCUT2D eigenvalue weighted by Crippen LogP contribution is 2.64. The number of carbonyl (C=O) groups is 4. The van der Waals surface area contributed by atoms with Gasteiger partial charge in [-0.2, -0.15) is 5.10 Å². The predicted molar refractivity (Wildman–Crippen MR) is 240 cm³/mol. The molecule has 5 heterocycles. The van der Waals surface area contributed by atoms with E-state index in [1.807, 2.05) is 69.3 Å². The van der Waals surface area contributed by atoms with Crippen LogP contribution in [0, 0.1) is 36.0 Å². The van der Waals surface area contributed by atoms with E-state index in [-0.39, 0.29) is 42.1 Å². The highest BCUT2D eigenvalue weighted by Gasteiger charge is 2.68. The fourth-order valence-corrected chi connectivity index (χ4v) is 12.1. The number of rotatable bonds is 7. The molecule has 6 atom stereocenters. The standard InChI is InChI=1S/C49H40ClN5O7S/c1-5-61-38-20-26(12-18-36(38)56)42-29-16-17-30-41(47(59)54(45(30)57)28-14-10-25(11-15-28)44-51-34-8-6-7-9-37(34)62-44)32(29)22-33-46(58)55(48(60)49(33,42)3)40-23-35(52-53(40)4)43-24(2)31-21-27(50)13-19-39(31)63-43/h6-16,18-21,23,30,32-33,41-42,56H,5,17,22H2,1-4H3/t30-,32+,33-,41-,42-,49+/m0/s1. The van der Waals surface area contributed by atoms with Gasteiger partial charge in [-0.3, -0.25) is 28.8 Å². The van der Waals surface area contributed by atoms with Gasteiger partial charge in [0.1, 0.15) is 17.0 Å². The van der Waals surface area contributed by atoms with E-state index in [0.29, 0.717) is 51.4 Å². The number of hydrogen-bond donors (Lipinski definition) is 1. The summed E-state index contributed by atoms with van der Waals surface area (Å²) in [5.74, 6) is -4.01. The largest absolute Gasteiger partial charge is 0.504 e. The number of aryl methyl sites for hydroxylation is 2. The number of halogens is 1. The Balaban J connectivity index is 0.976. The summed E-state index contributed by atoms with van der Waals surface area (Å²) >= 11 is 7.92. The molecule has 2 aliphatic heterocycles. The number of phenols is 1. The van der Waals surface area contributed by atoms with Crippen LogP contribution >= 0.6 is 22.9 Å². The molecule has 1 N–H and O–H groups in total. The lowest BCUT2D eigenvalue weighted by Crippen LogP contribution is -2.49. The number of allylic oxidation sites excluding steroid dienone is 2. The summed E-state index contributed by atoms with van der Waals surface area (Å²) in [6.45, 7) is 5.95. The van der Waals surface area contributed by atoms with Gasteiger partial charge in [-0.1, -0.05) is 41.4 Å². The summed E-state index contributed by atoms with van der Waals surface area (Å²) in [4.78, 5) is 67.6. The molecule has 63 heavy (non-hydrogen) atoms. The SMILES string of the molecule is CCOc1cc([C@H]2C3=CC[C@@H]4C(=O)N(c5ccc(-c6nc7ccccc7o6)cc5)C(=O)[C@@H]4[C@@H]3C[C@H]3C(=O)N(c4cc(-c5sc6ccc(Cl)cc6c5C)nn4C)C(=O)[C@@]23C)ccc1O.